The van der Waals surface area contributed by atoms with Crippen LogP contribution in [0.2, 0.25) is 0 Å². The third kappa shape index (κ3) is 5.57. The summed E-state index contributed by atoms with van der Waals surface area (Å²) in [5, 5.41) is 7.08. The molecule has 5 aromatic carbocycles. The van der Waals surface area contributed by atoms with Gasteiger partial charge in [-0.2, -0.15) is 5.10 Å². The van der Waals surface area contributed by atoms with E-state index in [0.717, 1.165) is 15.4 Å². The number of hydrogen-bond acceptors (Lipinski definition) is 5. The standard InChI is InChI=1S/C39H28BrN3O4/c1-47-29-20-17-25(18-21-29)36-34(37(44)26-13-7-3-8-14-26)35(42-43(36)39(46)27-15-9-4-10-16-27)33-32(24-11-5-2-6-12-24)30-23-28(40)19-22-31(30)41-38(33)45/h2-23,34,36H,1H3,(H,41,45)/t34-,36+/m0/s1. The Kier molecular flexibility index (Phi) is 8.10. The molecular formula is C39H28BrN3O4. The van der Waals surface area contributed by atoms with Crippen molar-refractivity contribution in [2.45, 2.75) is 6.04 Å². The molecule has 2 heterocycles. The largest absolute Gasteiger partial charge is 0.497 e. The van der Waals surface area contributed by atoms with Crippen molar-refractivity contribution in [1.82, 2.24) is 9.99 Å². The van der Waals surface area contributed by atoms with Crippen LogP contribution in [0.4, 0.5) is 0 Å². The molecule has 6 aromatic rings. The van der Waals surface area contributed by atoms with Gasteiger partial charge in [0.15, 0.2) is 5.78 Å². The molecule has 0 unspecified atom stereocenters. The van der Waals surface area contributed by atoms with Crippen LogP contribution in [0.25, 0.3) is 22.0 Å². The topological polar surface area (TPSA) is 91.8 Å². The normalized spacial score (nSPS) is 15.8. The van der Waals surface area contributed by atoms with E-state index in [1.165, 1.54) is 5.01 Å². The lowest BCUT2D eigenvalue weighted by Crippen LogP contribution is -2.36. The van der Waals surface area contributed by atoms with Crippen LogP contribution in [0.5, 0.6) is 5.75 Å². The van der Waals surface area contributed by atoms with Gasteiger partial charge in [0.2, 0.25) is 0 Å². The van der Waals surface area contributed by atoms with Crippen molar-refractivity contribution in [3.8, 4) is 16.9 Å². The molecule has 0 aliphatic carbocycles. The van der Waals surface area contributed by atoms with Gasteiger partial charge >= 0.3 is 0 Å². The summed E-state index contributed by atoms with van der Waals surface area (Å²) in [5.74, 6) is -1.05. The van der Waals surface area contributed by atoms with Crippen LogP contribution in [0.15, 0.2) is 148 Å². The Labute approximate surface area is 279 Å². The number of aromatic nitrogens is 1. The molecule has 0 bridgehead atoms. The fraction of sp³-hybridized carbons (Fsp3) is 0.0769. The number of carbonyl (C=O) groups excluding carboxylic acids is 2. The van der Waals surface area contributed by atoms with E-state index in [1.54, 1.807) is 67.8 Å². The fourth-order valence-corrected chi connectivity index (χ4v) is 6.58. The van der Waals surface area contributed by atoms with Crippen LogP contribution < -0.4 is 10.3 Å². The van der Waals surface area contributed by atoms with Gasteiger partial charge in [-0.1, -0.05) is 107 Å². The molecule has 8 heteroatoms. The molecule has 0 saturated heterocycles. The van der Waals surface area contributed by atoms with Gasteiger partial charge in [0, 0.05) is 32.1 Å². The number of nitrogens with one attached hydrogen (secondary N) is 1. The van der Waals surface area contributed by atoms with Crippen molar-refractivity contribution < 1.29 is 14.3 Å². The van der Waals surface area contributed by atoms with Crippen LogP contribution in [-0.2, 0) is 0 Å². The minimum atomic E-state index is -1.02. The monoisotopic (exact) mass is 681 g/mol. The molecule has 7 nitrogen and oxygen atoms in total. The van der Waals surface area contributed by atoms with Crippen LogP contribution in [0.3, 0.4) is 0 Å². The average molecular weight is 683 g/mol. The molecule has 1 aliphatic rings. The zero-order chi connectivity index (χ0) is 32.5. The Balaban J connectivity index is 1.55. The van der Waals surface area contributed by atoms with E-state index in [2.05, 4.69) is 20.9 Å². The number of carbonyl (C=O) groups is 2. The summed E-state index contributed by atoms with van der Waals surface area (Å²) in [6, 6.07) is 39.3. The minimum absolute atomic E-state index is 0.214. The number of rotatable bonds is 7. The molecule has 1 aliphatic heterocycles. The fourth-order valence-electron chi connectivity index (χ4n) is 6.22. The van der Waals surface area contributed by atoms with Gasteiger partial charge in [0.1, 0.15) is 5.75 Å². The van der Waals surface area contributed by atoms with Gasteiger partial charge in [-0.15, -0.1) is 0 Å². The molecule has 1 amide bonds. The number of fused-ring (bicyclic) bond motifs is 1. The van der Waals surface area contributed by atoms with E-state index >= 15 is 0 Å². The number of hydrazone groups is 1. The minimum Gasteiger partial charge on any atom is -0.497 e. The van der Waals surface area contributed by atoms with E-state index in [1.807, 2.05) is 72.8 Å². The molecular weight excluding hydrogens is 654 g/mol. The first kappa shape index (κ1) is 30.1. The zero-order valence-electron chi connectivity index (χ0n) is 25.3. The molecule has 47 heavy (non-hydrogen) atoms. The number of amides is 1. The van der Waals surface area contributed by atoms with Gasteiger partial charge in [0.05, 0.1) is 30.3 Å². The third-order valence-electron chi connectivity index (χ3n) is 8.41. The molecule has 7 rings (SSSR count). The molecule has 2 atom stereocenters. The summed E-state index contributed by atoms with van der Waals surface area (Å²) in [7, 11) is 1.58. The highest BCUT2D eigenvalue weighted by atomic mass is 79.9. The van der Waals surface area contributed by atoms with Crippen LogP contribution in [0, 0.1) is 5.92 Å². The second-order valence-electron chi connectivity index (χ2n) is 11.2. The van der Waals surface area contributed by atoms with Gasteiger partial charge in [-0.05, 0) is 53.6 Å². The van der Waals surface area contributed by atoms with Crippen molar-refractivity contribution in [1.29, 1.82) is 0 Å². The first-order valence-electron chi connectivity index (χ1n) is 15.1. The predicted octanol–water partition coefficient (Wildman–Crippen LogP) is 8.07. The van der Waals surface area contributed by atoms with Crippen molar-refractivity contribution >= 4 is 44.2 Å². The maximum absolute atomic E-state index is 14.8. The highest BCUT2D eigenvalue weighted by Crippen LogP contribution is 2.43. The number of Topliss-reactive ketones (excluding diaryl/α,β-unsaturated/α-hetero) is 1. The summed E-state index contributed by atoms with van der Waals surface area (Å²) in [4.78, 5) is 46.4. The average Bonchev–Trinajstić information content (AvgIpc) is 3.51. The molecule has 0 saturated carbocycles. The second kappa shape index (κ2) is 12.7. The lowest BCUT2D eigenvalue weighted by molar-refractivity contribution is 0.0666. The number of hydrogen-bond donors (Lipinski definition) is 1. The quantitative estimate of drug-likeness (QED) is 0.173. The Bertz CT molecular complexity index is 2200. The number of pyridine rings is 1. The number of methoxy groups -OCH3 is 1. The molecule has 1 aromatic heterocycles. The maximum Gasteiger partial charge on any atom is 0.274 e. The van der Waals surface area contributed by atoms with Gasteiger partial charge in [0.25, 0.3) is 11.5 Å². The van der Waals surface area contributed by atoms with Crippen LogP contribution >= 0.6 is 15.9 Å². The third-order valence-corrected chi connectivity index (χ3v) is 8.90. The van der Waals surface area contributed by atoms with Gasteiger partial charge in [-0.3, -0.25) is 14.4 Å². The van der Waals surface area contributed by atoms with Crippen molar-refractivity contribution in [2.24, 2.45) is 11.0 Å². The summed E-state index contributed by atoms with van der Waals surface area (Å²) < 4.78 is 6.24. The van der Waals surface area contributed by atoms with E-state index in [0.29, 0.717) is 33.5 Å². The van der Waals surface area contributed by atoms with Crippen molar-refractivity contribution in [3.05, 3.63) is 171 Å². The maximum atomic E-state index is 14.8. The van der Waals surface area contributed by atoms with E-state index < -0.39 is 23.4 Å². The molecule has 0 radical (unpaired) electrons. The van der Waals surface area contributed by atoms with Crippen LogP contribution in [-0.4, -0.2) is 34.5 Å². The van der Waals surface area contributed by atoms with Crippen LogP contribution in [0.1, 0.15) is 37.9 Å². The number of ether oxygens (including phenoxy) is 1. The Morgan fingerprint density at radius 3 is 2.02 bits per heavy atom. The number of benzene rings is 5. The van der Waals surface area contributed by atoms with Gasteiger partial charge in [-0.25, -0.2) is 5.01 Å². The molecule has 0 spiro atoms. The second-order valence-corrected chi connectivity index (χ2v) is 12.1. The molecule has 0 fully saturated rings. The summed E-state index contributed by atoms with van der Waals surface area (Å²) in [5.41, 5.74) is 3.59. The first-order chi connectivity index (χ1) is 22.9. The molecule has 230 valence electrons. The Morgan fingerprint density at radius 2 is 1.38 bits per heavy atom. The Morgan fingerprint density at radius 1 is 0.766 bits per heavy atom. The van der Waals surface area contributed by atoms with E-state index in [-0.39, 0.29) is 17.1 Å². The van der Waals surface area contributed by atoms with E-state index in [4.69, 9.17) is 9.84 Å². The van der Waals surface area contributed by atoms with E-state index in [9.17, 15) is 14.4 Å². The number of aromatic amines is 1. The van der Waals surface area contributed by atoms with Crippen molar-refractivity contribution in [3.63, 3.8) is 0 Å². The highest BCUT2D eigenvalue weighted by molar-refractivity contribution is 9.10. The Hall–Kier alpha value is -5.60. The first-order valence-corrected chi connectivity index (χ1v) is 15.9. The number of nitrogens with zero attached hydrogens (tertiary/aromatic N) is 2. The van der Waals surface area contributed by atoms with Crippen molar-refractivity contribution in [2.75, 3.05) is 7.11 Å². The number of H-pyrrole nitrogens is 1. The highest BCUT2D eigenvalue weighted by Gasteiger charge is 2.47. The number of halogens is 1. The lowest BCUT2D eigenvalue weighted by Gasteiger charge is -2.27. The summed E-state index contributed by atoms with van der Waals surface area (Å²) in [6.07, 6.45) is 0. The lowest BCUT2D eigenvalue weighted by atomic mass is 9.80. The molecule has 1 N–H and O–H groups in total. The summed E-state index contributed by atoms with van der Waals surface area (Å²) in [6.45, 7) is 0. The smallest absolute Gasteiger partial charge is 0.274 e. The number of ketones is 1. The zero-order valence-corrected chi connectivity index (χ0v) is 26.8. The predicted molar refractivity (Wildman–Crippen MR) is 187 cm³/mol. The SMILES string of the molecule is COc1ccc([C@@H]2[C@@H](C(=O)c3ccccc3)C(c3c(-c4ccccc4)c4cc(Br)ccc4[nH]c3=O)=NN2C(=O)c2ccccc2)cc1. The van der Waals surface area contributed by atoms with Gasteiger partial charge < -0.3 is 9.72 Å². The summed E-state index contributed by atoms with van der Waals surface area (Å²) >= 11 is 3.60.